The number of benzene rings is 2. The van der Waals surface area contributed by atoms with Gasteiger partial charge in [-0.2, -0.15) is 0 Å². The van der Waals surface area contributed by atoms with Crippen LogP contribution < -0.4 is 20.1 Å². The second-order valence-corrected chi connectivity index (χ2v) is 6.50. The van der Waals surface area contributed by atoms with Crippen molar-refractivity contribution in [3.05, 3.63) is 77.0 Å². The van der Waals surface area contributed by atoms with Crippen molar-refractivity contribution in [2.75, 3.05) is 12.1 Å². The number of nitrogens with one attached hydrogen (secondary N) is 2. The smallest absolute Gasteiger partial charge is 0.270 e. The maximum absolute atomic E-state index is 13.7. The number of ether oxygens (including phenoxy) is 2. The van der Waals surface area contributed by atoms with Crippen LogP contribution >= 0.6 is 0 Å². The average molecular weight is 394 g/mol. The Labute approximate surface area is 166 Å². The van der Waals surface area contributed by atoms with Crippen LogP contribution in [0.2, 0.25) is 0 Å². The predicted octanol–water partition coefficient (Wildman–Crippen LogP) is 3.19. The second kappa shape index (κ2) is 8.14. The monoisotopic (exact) mass is 394 g/mol. The number of fused-ring (bicyclic) bond motifs is 1. The molecule has 148 valence electrons. The molecule has 0 radical (unpaired) electrons. The highest BCUT2D eigenvalue weighted by atomic mass is 19.1. The minimum atomic E-state index is -0.398. The lowest BCUT2D eigenvalue weighted by molar-refractivity contribution is 0.0945. The summed E-state index contributed by atoms with van der Waals surface area (Å²) in [7, 11) is 0. The van der Waals surface area contributed by atoms with Crippen LogP contribution in [-0.4, -0.2) is 22.7 Å². The Kier molecular flexibility index (Phi) is 5.24. The van der Waals surface area contributed by atoms with E-state index in [-0.39, 0.29) is 24.8 Å². The number of hydrogen-bond donors (Lipinski definition) is 2. The van der Waals surface area contributed by atoms with Gasteiger partial charge in [0.15, 0.2) is 11.5 Å². The van der Waals surface area contributed by atoms with Gasteiger partial charge in [-0.05, 0) is 30.7 Å². The molecule has 1 aliphatic heterocycles. The number of rotatable bonds is 6. The van der Waals surface area contributed by atoms with Crippen LogP contribution in [0.5, 0.6) is 11.5 Å². The van der Waals surface area contributed by atoms with Crippen LogP contribution in [-0.2, 0) is 13.1 Å². The topological polar surface area (TPSA) is 85.4 Å². The summed E-state index contributed by atoms with van der Waals surface area (Å²) >= 11 is 0. The molecule has 1 aromatic heterocycles. The van der Waals surface area contributed by atoms with Crippen LogP contribution in [0.4, 0.5) is 10.2 Å². The lowest BCUT2D eigenvalue weighted by Crippen LogP contribution is -2.25. The first kappa shape index (κ1) is 18.7. The number of aryl methyl sites for hydroxylation is 1. The third-order valence-corrected chi connectivity index (χ3v) is 4.38. The molecular formula is C21H19FN4O3. The lowest BCUT2D eigenvalue weighted by atomic mass is 10.2. The largest absolute Gasteiger partial charge is 0.454 e. The molecule has 1 amide bonds. The van der Waals surface area contributed by atoms with Crippen LogP contribution in [0.1, 0.15) is 27.4 Å². The quantitative estimate of drug-likeness (QED) is 0.668. The van der Waals surface area contributed by atoms with Gasteiger partial charge >= 0.3 is 0 Å². The van der Waals surface area contributed by atoms with Gasteiger partial charge in [0.05, 0.1) is 0 Å². The predicted molar refractivity (Wildman–Crippen MR) is 104 cm³/mol. The number of amides is 1. The Morgan fingerprint density at radius 2 is 1.90 bits per heavy atom. The molecule has 1 aliphatic rings. The maximum atomic E-state index is 13.7. The summed E-state index contributed by atoms with van der Waals surface area (Å²) in [6, 6.07) is 13.5. The maximum Gasteiger partial charge on any atom is 0.270 e. The molecule has 3 aromatic rings. The molecule has 0 bridgehead atoms. The summed E-state index contributed by atoms with van der Waals surface area (Å²) in [6.45, 7) is 2.50. The van der Waals surface area contributed by atoms with E-state index in [1.165, 1.54) is 6.07 Å². The van der Waals surface area contributed by atoms with E-state index in [4.69, 9.17) is 9.47 Å². The Morgan fingerprint density at radius 1 is 1.07 bits per heavy atom. The number of anilines is 1. The molecule has 4 rings (SSSR count). The number of aromatic nitrogens is 2. The van der Waals surface area contributed by atoms with Crippen LogP contribution in [0, 0.1) is 12.7 Å². The minimum Gasteiger partial charge on any atom is -0.454 e. The van der Waals surface area contributed by atoms with Gasteiger partial charge in [-0.15, -0.1) is 0 Å². The van der Waals surface area contributed by atoms with Gasteiger partial charge in [-0.25, -0.2) is 14.4 Å². The van der Waals surface area contributed by atoms with E-state index in [0.29, 0.717) is 29.5 Å². The fourth-order valence-corrected chi connectivity index (χ4v) is 2.93. The van der Waals surface area contributed by atoms with E-state index >= 15 is 0 Å². The van der Waals surface area contributed by atoms with Crippen molar-refractivity contribution >= 4 is 11.7 Å². The molecule has 2 aromatic carbocycles. The summed E-state index contributed by atoms with van der Waals surface area (Å²) in [6.07, 6.45) is 0. The fraction of sp³-hybridized carbons (Fsp3) is 0.190. The van der Waals surface area contributed by atoms with Crippen molar-refractivity contribution in [3.8, 4) is 11.5 Å². The Bertz CT molecular complexity index is 1060. The average Bonchev–Trinajstić information content (AvgIpc) is 3.19. The summed E-state index contributed by atoms with van der Waals surface area (Å²) in [5.41, 5.74) is 1.60. The normalized spacial score (nSPS) is 11.9. The molecule has 0 atom stereocenters. The lowest BCUT2D eigenvalue weighted by Gasteiger charge is -2.10. The first-order valence-electron chi connectivity index (χ1n) is 9.08. The van der Waals surface area contributed by atoms with Crippen molar-refractivity contribution in [2.24, 2.45) is 0 Å². The molecule has 0 aliphatic carbocycles. The van der Waals surface area contributed by atoms with Gasteiger partial charge in [0.2, 0.25) is 6.79 Å². The van der Waals surface area contributed by atoms with Gasteiger partial charge in [-0.3, -0.25) is 4.79 Å². The first-order valence-corrected chi connectivity index (χ1v) is 9.08. The van der Waals surface area contributed by atoms with Gasteiger partial charge < -0.3 is 20.1 Å². The van der Waals surface area contributed by atoms with Gasteiger partial charge in [-0.1, -0.05) is 24.3 Å². The SMILES string of the molecule is Cc1nc(NCc2ccc3c(c2)OCO3)cc(C(=O)NCc2ccccc2F)n1. The molecule has 0 unspecified atom stereocenters. The molecule has 29 heavy (non-hydrogen) atoms. The zero-order valence-electron chi connectivity index (χ0n) is 15.7. The summed E-state index contributed by atoms with van der Waals surface area (Å²) in [4.78, 5) is 20.9. The molecule has 0 saturated carbocycles. The van der Waals surface area contributed by atoms with E-state index < -0.39 is 5.91 Å². The van der Waals surface area contributed by atoms with Crippen LogP contribution in [0.25, 0.3) is 0 Å². The molecule has 7 nitrogen and oxygen atoms in total. The van der Waals surface area contributed by atoms with Crippen molar-refractivity contribution in [3.63, 3.8) is 0 Å². The molecule has 0 fully saturated rings. The van der Waals surface area contributed by atoms with Crippen molar-refractivity contribution < 1.29 is 18.7 Å². The van der Waals surface area contributed by atoms with Crippen molar-refractivity contribution in [2.45, 2.75) is 20.0 Å². The molecule has 0 spiro atoms. The standard InChI is InChI=1S/C21H19FN4O3/c1-13-25-17(21(27)24-11-15-4-2-3-5-16(15)22)9-20(26-13)23-10-14-6-7-18-19(8-14)29-12-28-18/h2-9H,10-12H2,1H3,(H,24,27)(H,23,25,26). The molecule has 0 saturated heterocycles. The Morgan fingerprint density at radius 3 is 2.76 bits per heavy atom. The van der Waals surface area contributed by atoms with E-state index in [9.17, 15) is 9.18 Å². The van der Waals surface area contributed by atoms with Gasteiger partial charge in [0.25, 0.3) is 5.91 Å². The highest BCUT2D eigenvalue weighted by molar-refractivity contribution is 5.92. The molecule has 2 N–H and O–H groups in total. The third-order valence-electron chi connectivity index (χ3n) is 4.38. The number of carbonyl (C=O) groups is 1. The molecule has 8 heteroatoms. The van der Waals surface area contributed by atoms with E-state index in [0.717, 1.165) is 11.3 Å². The fourth-order valence-electron chi connectivity index (χ4n) is 2.93. The first-order chi connectivity index (χ1) is 14.1. The van der Waals surface area contributed by atoms with Gasteiger partial charge in [0, 0.05) is 24.7 Å². The number of nitrogens with zero attached hydrogens (tertiary/aromatic N) is 2. The molecule has 2 heterocycles. The summed E-state index contributed by atoms with van der Waals surface area (Å²) < 4.78 is 24.4. The van der Waals surface area contributed by atoms with Crippen molar-refractivity contribution in [1.29, 1.82) is 0 Å². The summed E-state index contributed by atoms with van der Waals surface area (Å²) in [5, 5.41) is 5.87. The van der Waals surface area contributed by atoms with E-state index in [1.807, 2.05) is 18.2 Å². The second-order valence-electron chi connectivity index (χ2n) is 6.50. The minimum absolute atomic E-state index is 0.0779. The molecular weight excluding hydrogens is 375 g/mol. The third kappa shape index (κ3) is 4.43. The highest BCUT2D eigenvalue weighted by Gasteiger charge is 2.14. The number of hydrogen-bond acceptors (Lipinski definition) is 6. The summed E-state index contributed by atoms with van der Waals surface area (Å²) in [5.74, 6) is 1.64. The van der Waals surface area contributed by atoms with E-state index in [2.05, 4.69) is 20.6 Å². The number of carbonyl (C=O) groups excluding carboxylic acids is 1. The van der Waals surface area contributed by atoms with E-state index in [1.54, 1.807) is 31.2 Å². The van der Waals surface area contributed by atoms with Crippen molar-refractivity contribution in [1.82, 2.24) is 15.3 Å². The number of halogens is 1. The Hall–Kier alpha value is -3.68. The highest BCUT2D eigenvalue weighted by Crippen LogP contribution is 2.32. The van der Waals surface area contributed by atoms with Gasteiger partial charge in [0.1, 0.15) is 23.2 Å². The van der Waals surface area contributed by atoms with Crippen LogP contribution in [0.3, 0.4) is 0 Å². The Balaban J connectivity index is 1.41. The van der Waals surface area contributed by atoms with Crippen LogP contribution in [0.15, 0.2) is 48.5 Å². The zero-order valence-corrected chi connectivity index (χ0v) is 15.7. The zero-order chi connectivity index (χ0) is 20.2.